The van der Waals surface area contributed by atoms with Crippen molar-refractivity contribution in [2.45, 2.75) is 40.3 Å². The molecule has 0 N–H and O–H groups in total. The molecule has 1 aliphatic heterocycles. The second-order valence-corrected chi connectivity index (χ2v) is 12.3. The van der Waals surface area contributed by atoms with E-state index in [0.717, 1.165) is 22.6 Å². The largest absolute Gasteiger partial charge is 0.490 e. The second kappa shape index (κ2) is 14.4. The first-order chi connectivity index (χ1) is 23.7. The van der Waals surface area contributed by atoms with E-state index < -0.39 is 12.0 Å². The highest BCUT2D eigenvalue weighted by Gasteiger charge is 2.31. The molecule has 1 aliphatic rings. The highest BCUT2D eigenvalue weighted by Crippen LogP contribution is 2.35. The van der Waals surface area contributed by atoms with Crippen LogP contribution in [0.4, 0.5) is 4.39 Å². The fourth-order valence-corrected chi connectivity index (χ4v) is 6.89. The van der Waals surface area contributed by atoms with E-state index in [-0.39, 0.29) is 23.6 Å². The summed E-state index contributed by atoms with van der Waals surface area (Å²) in [6.45, 7) is 8.76. The van der Waals surface area contributed by atoms with E-state index in [9.17, 15) is 14.0 Å². The molecule has 3 heterocycles. The van der Waals surface area contributed by atoms with Crippen LogP contribution in [0.2, 0.25) is 0 Å². The Kier molecular flexibility index (Phi) is 9.82. The molecule has 49 heavy (non-hydrogen) atoms. The molecule has 3 aromatic carbocycles. The van der Waals surface area contributed by atoms with Gasteiger partial charge in [-0.1, -0.05) is 35.6 Å². The van der Waals surface area contributed by atoms with Gasteiger partial charge in [-0.05, 0) is 93.4 Å². The quantitative estimate of drug-likeness (QED) is 0.160. The number of carbonyl (C=O) groups is 1. The van der Waals surface area contributed by atoms with Gasteiger partial charge in [-0.2, -0.15) is 0 Å². The van der Waals surface area contributed by atoms with Gasteiger partial charge in [0.25, 0.3) is 5.56 Å². The molecule has 0 fully saturated rings. The highest BCUT2D eigenvalue weighted by atomic mass is 32.1. The first-order valence-corrected chi connectivity index (χ1v) is 16.7. The number of hydrogen-bond acceptors (Lipinski definition) is 8. The fraction of sp³-hybridized carbons (Fsp3) is 0.237. The molecule has 9 nitrogen and oxygen atoms in total. The summed E-state index contributed by atoms with van der Waals surface area (Å²) in [5, 5.41) is 0. The smallest absolute Gasteiger partial charge is 0.337 e. The molecule has 0 spiro atoms. The zero-order valence-electron chi connectivity index (χ0n) is 27.9. The lowest BCUT2D eigenvalue weighted by molar-refractivity contribution is -0.136. The summed E-state index contributed by atoms with van der Waals surface area (Å²) in [5.74, 6) is 0.829. The minimum Gasteiger partial charge on any atom is -0.490 e. The minimum absolute atomic E-state index is 0.128. The van der Waals surface area contributed by atoms with Gasteiger partial charge in [0, 0.05) is 28.8 Å². The van der Waals surface area contributed by atoms with Gasteiger partial charge in [-0.3, -0.25) is 9.36 Å². The van der Waals surface area contributed by atoms with Crippen molar-refractivity contribution in [3.63, 3.8) is 0 Å². The van der Waals surface area contributed by atoms with Crippen LogP contribution in [0.15, 0.2) is 94.4 Å². The monoisotopic (exact) mass is 681 g/mol. The van der Waals surface area contributed by atoms with Crippen molar-refractivity contribution in [1.29, 1.82) is 0 Å². The molecular weight excluding hydrogens is 645 g/mol. The van der Waals surface area contributed by atoms with Gasteiger partial charge in [0.2, 0.25) is 0 Å². The average Bonchev–Trinajstić information content (AvgIpc) is 3.58. The Morgan fingerprint density at radius 2 is 1.69 bits per heavy atom. The van der Waals surface area contributed by atoms with E-state index in [4.69, 9.17) is 18.9 Å². The van der Waals surface area contributed by atoms with Gasteiger partial charge in [0.1, 0.15) is 18.2 Å². The number of halogens is 1. The number of ether oxygens (including phenoxy) is 4. The van der Waals surface area contributed by atoms with Crippen LogP contribution in [-0.2, 0) is 16.1 Å². The number of thiazole rings is 1. The third-order valence-electron chi connectivity index (χ3n) is 8.21. The Morgan fingerprint density at radius 1 is 0.959 bits per heavy atom. The first-order valence-electron chi connectivity index (χ1n) is 15.9. The molecule has 252 valence electrons. The Hall–Kier alpha value is -5.42. The number of rotatable bonds is 11. The fourth-order valence-electron chi connectivity index (χ4n) is 5.93. The molecule has 0 amide bonds. The maximum absolute atomic E-state index is 14.1. The topological polar surface area (TPSA) is 93.3 Å². The maximum Gasteiger partial charge on any atom is 0.337 e. The molecule has 0 aliphatic carbocycles. The summed E-state index contributed by atoms with van der Waals surface area (Å²) >= 11 is 1.25. The molecule has 2 aromatic heterocycles. The Labute approximate surface area is 286 Å². The molecule has 0 saturated carbocycles. The molecule has 0 saturated heterocycles. The van der Waals surface area contributed by atoms with Crippen LogP contribution in [0.25, 0.3) is 11.8 Å². The van der Waals surface area contributed by atoms with Gasteiger partial charge in [0.05, 0.1) is 36.5 Å². The number of esters is 1. The van der Waals surface area contributed by atoms with Crippen molar-refractivity contribution in [3.05, 3.63) is 138 Å². The van der Waals surface area contributed by atoms with Crippen LogP contribution in [0.1, 0.15) is 48.0 Å². The number of carbonyl (C=O) groups excluding carboxylic acids is 1. The minimum atomic E-state index is -0.785. The zero-order valence-corrected chi connectivity index (χ0v) is 28.7. The molecule has 0 unspecified atom stereocenters. The lowest BCUT2D eigenvalue weighted by atomic mass is 9.97. The number of benzene rings is 3. The molecule has 5 aromatic rings. The third kappa shape index (κ3) is 6.66. The molecule has 6 rings (SSSR count). The Bertz CT molecular complexity index is 2230. The number of aromatic nitrogens is 2. The van der Waals surface area contributed by atoms with Crippen LogP contribution in [0.3, 0.4) is 0 Å². The number of nitrogens with zero attached hydrogens (tertiary/aromatic N) is 3. The summed E-state index contributed by atoms with van der Waals surface area (Å²) in [6, 6.07) is 20.8. The zero-order chi connectivity index (χ0) is 34.7. The van der Waals surface area contributed by atoms with E-state index >= 15 is 0 Å². The maximum atomic E-state index is 14.1. The van der Waals surface area contributed by atoms with E-state index in [1.54, 1.807) is 30.3 Å². The van der Waals surface area contributed by atoms with Crippen molar-refractivity contribution >= 4 is 23.4 Å². The predicted molar refractivity (Wildman–Crippen MR) is 186 cm³/mol. The number of aryl methyl sites for hydroxylation is 1. The highest BCUT2D eigenvalue weighted by molar-refractivity contribution is 7.07. The SMILES string of the molecule is CCOc1ccc([C@H]2C(C(=O)OC)=CN=c3s/c(=C/c4cc(C)n(-c5ccc(OCc6ccccc6F)cc5)c4C)c(=O)n32)cc1OCC. The van der Waals surface area contributed by atoms with E-state index in [0.29, 0.717) is 50.9 Å². The van der Waals surface area contributed by atoms with Gasteiger partial charge in [0.15, 0.2) is 16.3 Å². The standard InChI is InChI=1S/C38H36FN3O6S/c1-6-46-32-17-12-25(19-33(32)47-7-2)35-30(37(44)45-5)21-40-38-42(35)36(43)34(49-38)20-27-18-23(3)41(24(27)4)28-13-15-29(16-14-28)48-22-26-10-8-9-11-31(26)39/h8-21,35H,6-7,22H2,1-5H3/b34-20+/t35-/m0/s1. The van der Waals surface area contributed by atoms with Crippen LogP contribution in [-0.4, -0.2) is 35.4 Å². The summed E-state index contributed by atoms with van der Waals surface area (Å²) in [4.78, 5) is 32.0. The van der Waals surface area contributed by atoms with Gasteiger partial charge >= 0.3 is 5.97 Å². The van der Waals surface area contributed by atoms with Crippen molar-refractivity contribution in [3.8, 4) is 22.9 Å². The van der Waals surface area contributed by atoms with Crippen LogP contribution in [0.5, 0.6) is 17.2 Å². The van der Waals surface area contributed by atoms with Crippen LogP contribution < -0.4 is 29.1 Å². The van der Waals surface area contributed by atoms with Gasteiger partial charge < -0.3 is 23.5 Å². The second-order valence-electron chi connectivity index (χ2n) is 11.3. The molecule has 1 atom stereocenters. The van der Waals surface area contributed by atoms with Gasteiger partial charge in [-0.25, -0.2) is 14.2 Å². The molecular formula is C38H36FN3O6S. The number of fused-ring (bicyclic) bond motifs is 1. The number of hydrogen-bond donors (Lipinski definition) is 0. The predicted octanol–water partition coefficient (Wildman–Crippen LogP) is 5.94. The van der Waals surface area contributed by atoms with Crippen molar-refractivity contribution in [1.82, 2.24) is 9.13 Å². The summed E-state index contributed by atoms with van der Waals surface area (Å²) in [6.07, 6.45) is 3.33. The summed E-state index contributed by atoms with van der Waals surface area (Å²) in [5.41, 5.74) is 4.78. The van der Waals surface area contributed by atoms with E-state index in [1.807, 2.05) is 70.2 Å². The lowest BCUT2D eigenvalue weighted by Gasteiger charge is -2.23. The van der Waals surface area contributed by atoms with E-state index in [2.05, 4.69) is 9.56 Å². The van der Waals surface area contributed by atoms with E-state index in [1.165, 1.54) is 35.3 Å². The summed E-state index contributed by atoms with van der Waals surface area (Å²) in [7, 11) is 1.30. The third-order valence-corrected chi connectivity index (χ3v) is 9.21. The van der Waals surface area contributed by atoms with Gasteiger partial charge in [-0.15, -0.1) is 0 Å². The molecule has 11 heteroatoms. The van der Waals surface area contributed by atoms with Crippen molar-refractivity contribution in [2.75, 3.05) is 20.3 Å². The summed E-state index contributed by atoms with van der Waals surface area (Å²) < 4.78 is 40.6. The first kappa shape index (κ1) is 33.5. The number of methoxy groups -OCH3 is 1. The average molecular weight is 682 g/mol. The molecule has 0 bridgehead atoms. The lowest BCUT2D eigenvalue weighted by Crippen LogP contribution is -2.39. The normalized spacial score (nSPS) is 14.1. The van der Waals surface area contributed by atoms with Crippen molar-refractivity contribution < 1.29 is 28.1 Å². The van der Waals surface area contributed by atoms with Crippen molar-refractivity contribution in [2.24, 2.45) is 4.99 Å². The Morgan fingerprint density at radius 3 is 2.41 bits per heavy atom. The van der Waals surface area contributed by atoms with Crippen LogP contribution >= 0.6 is 11.3 Å². The Balaban J connectivity index is 1.35. The molecule has 0 radical (unpaired) electrons. The van der Waals surface area contributed by atoms with Crippen LogP contribution in [0, 0.1) is 19.7 Å².